The van der Waals surface area contributed by atoms with Gasteiger partial charge in [-0.15, -0.1) is 0 Å². The quantitative estimate of drug-likeness (QED) is 0.827. The topological polar surface area (TPSA) is 83.9 Å². The number of carbonyl (C=O) groups excluding carboxylic acids is 1. The van der Waals surface area contributed by atoms with Crippen molar-refractivity contribution in [1.29, 1.82) is 0 Å². The van der Waals surface area contributed by atoms with Crippen molar-refractivity contribution in [2.75, 3.05) is 12.3 Å². The Morgan fingerprint density at radius 3 is 2.65 bits per heavy atom. The molecule has 2 aliphatic rings. The third-order valence-corrected chi connectivity index (χ3v) is 4.95. The second kappa shape index (κ2) is 4.52. The summed E-state index contributed by atoms with van der Waals surface area (Å²) in [5, 5.41) is 9.15. The van der Waals surface area contributed by atoms with Crippen LogP contribution in [0.25, 0.3) is 0 Å². The lowest BCUT2D eigenvalue weighted by Crippen LogP contribution is -2.48. The Balaban J connectivity index is 1.71. The minimum absolute atomic E-state index is 0.0179. The molecule has 0 saturated carbocycles. The van der Waals surface area contributed by atoms with Crippen LogP contribution in [0.15, 0.2) is 41.0 Å². The maximum Gasteiger partial charge on any atom is 0.231 e. The molecule has 7 heteroatoms. The molecule has 106 valence electrons. The normalized spacial score (nSPS) is 23.4. The van der Waals surface area contributed by atoms with Crippen molar-refractivity contribution < 1.29 is 23.1 Å². The number of carbonyl (C=O) groups is 1. The summed E-state index contributed by atoms with van der Waals surface area (Å²) in [7, 11) is -3.46. The Labute approximate surface area is 116 Å². The third-order valence-electron chi connectivity index (χ3n) is 3.36. The molecular formula is C13H13NO5S. The molecule has 1 atom stereocenters. The number of fused-ring (bicyclic) bond motifs is 1. The van der Waals surface area contributed by atoms with Crippen LogP contribution in [0, 0.1) is 0 Å². The van der Waals surface area contributed by atoms with E-state index in [2.05, 4.69) is 0 Å². The molecule has 1 aromatic rings. The van der Waals surface area contributed by atoms with Gasteiger partial charge in [-0.25, -0.2) is 8.42 Å². The fourth-order valence-corrected chi connectivity index (χ4v) is 3.31. The number of nitrogens with zero attached hydrogens (tertiary/aromatic N) is 1. The summed E-state index contributed by atoms with van der Waals surface area (Å²) in [6.07, 6.45) is 1.64. The van der Waals surface area contributed by atoms with Gasteiger partial charge in [-0.3, -0.25) is 9.69 Å². The summed E-state index contributed by atoms with van der Waals surface area (Å²) in [6, 6.07) is 5.37. The standard InChI is InChI=1S/C13H13NO5S/c15-9-1-3-11(4-2-9)20(17,18)6-5-10-8-14-12(16)7-13(14)19-10/h1-5,13,15H,6-8H2. The van der Waals surface area contributed by atoms with Crippen LogP contribution < -0.4 is 0 Å². The molecular weight excluding hydrogens is 282 g/mol. The SMILES string of the molecule is O=C1CC2OC(=CCS(=O)(=O)c3ccc(O)cc3)CN12. The Hall–Kier alpha value is -2.02. The smallest absolute Gasteiger partial charge is 0.231 e. The molecule has 2 heterocycles. The van der Waals surface area contributed by atoms with Gasteiger partial charge in [-0.2, -0.15) is 0 Å². The predicted molar refractivity (Wildman–Crippen MR) is 69.4 cm³/mol. The van der Waals surface area contributed by atoms with Gasteiger partial charge in [0, 0.05) is 0 Å². The maximum atomic E-state index is 12.1. The van der Waals surface area contributed by atoms with Gasteiger partial charge >= 0.3 is 0 Å². The molecule has 1 aromatic carbocycles. The van der Waals surface area contributed by atoms with Gasteiger partial charge in [-0.1, -0.05) is 0 Å². The molecule has 0 spiro atoms. The Kier molecular flexibility index (Phi) is 2.93. The number of rotatable bonds is 3. The lowest BCUT2D eigenvalue weighted by Gasteiger charge is -2.30. The summed E-state index contributed by atoms with van der Waals surface area (Å²) in [4.78, 5) is 12.9. The van der Waals surface area contributed by atoms with E-state index < -0.39 is 9.84 Å². The fourth-order valence-electron chi connectivity index (χ4n) is 2.17. The van der Waals surface area contributed by atoms with Crippen molar-refractivity contribution in [2.24, 2.45) is 0 Å². The van der Waals surface area contributed by atoms with Crippen LogP contribution in [0.1, 0.15) is 6.42 Å². The number of amides is 1. The summed E-state index contributed by atoms with van der Waals surface area (Å²) in [5.41, 5.74) is 0. The number of ether oxygens (including phenoxy) is 1. The molecule has 0 aliphatic carbocycles. The highest BCUT2D eigenvalue weighted by Crippen LogP contribution is 2.30. The lowest BCUT2D eigenvalue weighted by atomic mass is 10.2. The summed E-state index contributed by atoms with van der Waals surface area (Å²) in [6.45, 7) is 0.342. The van der Waals surface area contributed by atoms with Crippen LogP contribution in [0.2, 0.25) is 0 Å². The first-order valence-corrected chi connectivity index (χ1v) is 7.78. The second-order valence-corrected chi connectivity index (χ2v) is 6.78. The summed E-state index contributed by atoms with van der Waals surface area (Å²) in [5.74, 6) is 0.370. The highest BCUT2D eigenvalue weighted by Gasteiger charge is 2.43. The van der Waals surface area contributed by atoms with Gasteiger partial charge in [0.15, 0.2) is 16.1 Å². The molecule has 1 unspecified atom stereocenters. The molecule has 6 nitrogen and oxygen atoms in total. The van der Waals surface area contributed by atoms with E-state index in [1.165, 1.54) is 30.3 Å². The van der Waals surface area contributed by atoms with Crippen molar-refractivity contribution in [2.45, 2.75) is 17.5 Å². The number of aromatic hydroxyl groups is 1. The van der Waals surface area contributed by atoms with E-state index in [1.807, 2.05) is 0 Å². The predicted octanol–water partition coefficient (Wildman–Crippen LogP) is 0.638. The van der Waals surface area contributed by atoms with Crippen LogP contribution in [-0.4, -0.2) is 42.9 Å². The highest BCUT2D eigenvalue weighted by molar-refractivity contribution is 7.91. The Morgan fingerprint density at radius 1 is 1.35 bits per heavy atom. The first-order valence-electron chi connectivity index (χ1n) is 6.13. The minimum atomic E-state index is -3.46. The monoisotopic (exact) mass is 295 g/mol. The van der Waals surface area contributed by atoms with E-state index in [9.17, 15) is 13.2 Å². The van der Waals surface area contributed by atoms with Crippen LogP contribution in [0.4, 0.5) is 0 Å². The molecule has 0 radical (unpaired) electrons. The number of benzene rings is 1. The van der Waals surface area contributed by atoms with Crippen molar-refractivity contribution in [3.63, 3.8) is 0 Å². The maximum absolute atomic E-state index is 12.1. The third kappa shape index (κ3) is 2.24. The number of sulfone groups is 1. The lowest BCUT2D eigenvalue weighted by molar-refractivity contribution is -0.154. The van der Waals surface area contributed by atoms with Crippen LogP contribution in [0.5, 0.6) is 5.75 Å². The van der Waals surface area contributed by atoms with Crippen molar-refractivity contribution in [1.82, 2.24) is 4.90 Å². The van der Waals surface area contributed by atoms with E-state index in [0.717, 1.165) is 0 Å². The van der Waals surface area contributed by atoms with Crippen LogP contribution >= 0.6 is 0 Å². The van der Waals surface area contributed by atoms with Crippen LogP contribution in [0.3, 0.4) is 0 Å². The van der Waals surface area contributed by atoms with E-state index >= 15 is 0 Å². The van der Waals surface area contributed by atoms with Crippen molar-refractivity contribution in [3.05, 3.63) is 36.1 Å². The molecule has 0 aromatic heterocycles. The molecule has 2 aliphatic heterocycles. The first-order chi connectivity index (χ1) is 9.45. The molecule has 0 bridgehead atoms. The zero-order valence-corrected chi connectivity index (χ0v) is 11.3. The van der Waals surface area contributed by atoms with Crippen molar-refractivity contribution in [3.8, 4) is 5.75 Å². The number of hydrogen-bond donors (Lipinski definition) is 1. The van der Waals surface area contributed by atoms with Gasteiger partial charge in [0.2, 0.25) is 5.91 Å². The first kappa shape index (κ1) is 13.0. The van der Waals surface area contributed by atoms with Crippen LogP contribution in [-0.2, 0) is 19.4 Å². The molecule has 2 fully saturated rings. The van der Waals surface area contributed by atoms with Crippen molar-refractivity contribution >= 4 is 15.7 Å². The number of phenols is 1. The van der Waals surface area contributed by atoms with Gasteiger partial charge in [0.05, 0.1) is 23.6 Å². The second-order valence-electron chi connectivity index (χ2n) is 4.74. The molecule has 3 rings (SSSR count). The van der Waals surface area contributed by atoms with Gasteiger partial charge in [-0.05, 0) is 30.3 Å². The zero-order valence-electron chi connectivity index (χ0n) is 10.5. The van der Waals surface area contributed by atoms with Gasteiger partial charge in [0.25, 0.3) is 0 Å². The van der Waals surface area contributed by atoms with E-state index in [-0.39, 0.29) is 28.5 Å². The van der Waals surface area contributed by atoms with E-state index in [4.69, 9.17) is 9.84 Å². The number of phenolic OH excluding ortho intramolecular Hbond substituents is 1. The van der Waals surface area contributed by atoms with Gasteiger partial charge < -0.3 is 9.84 Å². The van der Waals surface area contributed by atoms with Gasteiger partial charge in [0.1, 0.15) is 11.5 Å². The Morgan fingerprint density at radius 2 is 2.05 bits per heavy atom. The molecule has 1 amide bonds. The number of β-lactam (4-membered cyclic amide) rings is 1. The Bertz CT molecular complexity index is 677. The fraction of sp³-hybridized carbons (Fsp3) is 0.308. The average molecular weight is 295 g/mol. The van der Waals surface area contributed by atoms with E-state index in [0.29, 0.717) is 18.7 Å². The highest BCUT2D eigenvalue weighted by atomic mass is 32.2. The number of hydrogen-bond acceptors (Lipinski definition) is 5. The zero-order chi connectivity index (χ0) is 14.3. The minimum Gasteiger partial charge on any atom is -0.508 e. The summed E-state index contributed by atoms with van der Waals surface area (Å²) >= 11 is 0. The molecule has 2 saturated heterocycles. The summed E-state index contributed by atoms with van der Waals surface area (Å²) < 4.78 is 29.6. The molecule has 1 N–H and O–H groups in total. The largest absolute Gasteiger partial charge is 0.508 e. The van der Waals surface area contributed by atoms with E-state index in [1.54, 1.807) is 4.90 Å². The molecule has 20 heavy (non-hydrogen) atoms. The average Bonchev–Trinajstić information content (AvgIpc) is 2.74.